The molecule has 0 aliphatic carbocycles. The summed E-state index contributed by atoms with van der Waals surface area (Å²) in [5.74, 6) is -1.55. The highest BCUT2D eigenvalue weighted by Crippen LogP contribution is 2.35. The third kappa shape index (κ3) is 4.30. The van der Waals surface area contributed by atoms with Crippen molar-refractivity contribution in [3.05, 3.63) is 46.3 Å². The van der Waals surface area contributed by atoms with E-state index >= 15 is 0 Å². The number of hydrogen-bond donors (Lipinski definition) is 2. The number of nitrogens with one attached hydrogen (secondary N) is 1. The molecule has 0 saturated carbocycles. The Balaban J connectivity index is 0.00000220. The van der Waals surface area contributed by atoms with Gasteiger partial charge in [-0.15, -0.1) is 31.4 Å². The van der Waals surface area contributed by atoms with E-state index < -0.39 is 22.5 Å². The molecule has 22 heavy (non-hydrogen) atoms. The van der Waals surface area contributed by atoms with Gasteiger partial charge in [-0.3, -0.25) is 15.0 Å². The van der Waals surface area contributed by atoms with E-state index in [4.69, 9.17) is 0 Å². The first-order valence-electron chi connectivity index (χ1n) is 6.28. The number of halogens is 3. The summed E-state index contributed by atoms with van der Waals surface area (Å²) in [6, 6.07) is 1.47. The quantitative estimate of drug-likeness (QED) is 0.493. The van der Waals surface area contributed by atoms with Crippen LogP contribution in [0.1, 0.15) is 11.6 Å². The molecule has 1 saturated heterocycles. The van der Waals surface area contributed by atoms with Crippen LogP contribution in [0.2, 0.25) is 0 Å². The highest BCUT2D eigenvalue weighted by atomic mass is 35.5. The molecule has 0 amide bonds. The van der Waals surface area contributed by atoms with Gasteiger partial charge in [0.25, 0.3) is 5.69 Å². The van der Waals surface area contributed by atoms with Gasteiger partial charge in [-0.05, 0) is 0 Å². The average Bonchev–Trinajstić information content (AvgIpc) is 2.45. The van der Waals surface area contributed by atoms with E-state index in [2.05, 4.69) is 11.9 Å². The molecular formula is C13H18Cl2FN3O3. The maximum absolute atomic E-state index is 13.6. The smallest absolute Gasteiger partial charge is 0.272 e. The van der Waals surface area contributed by atoms with Gasteiger partial charge < -0.3 is 10.4 Å². The molecule has 1 aromatic carbocycles. The number of phenols is 1. The van der Waals surface area contributed by atoms with Gasteiger partial charge in [-0.25, -0.2) is 4.39 Å². The zero-order valence-corrected chi connectivity index (χ0v) is 13.3. The molecule has 1 aromatic rings. The lowest BCUT2D eigenvalue weighted by Gasteiger charge is -2.33. The minimum atomic E-state index is -0.990. The molecule has 0 spiro atoms. The van der Waals surface area contributed by atoms with Crippen molar-refractivity contribution < 1.29 is 14.4 Å². The van der Waals surface area contributed by atoms with E-state index in [-0.39, 0.29) is 36.1 Å². The molecule has 0 unspecified atom stereocenters. The standard InChI is InChI=1S/C13H16FN3O3.2ClH/c1-2-12(16-5-3-15-4-6-16)10-7-9(17(19)20)8-11(14)13(10)18;;/h2,7-8,12,15,18H,1,3-6H2;2*1H/t12-;;/m0../s1. The van der Waals surface area contributed by atoms with Crippen LogP contribution in [0.3, 0.4) is 0 Å². The van der Waals surface area contributed by atoms with Gasteiger partial charge in [0.1, 0.15) is 0 Å². The van der Waals surface area contributed by atoms with Crippen LogP contribution in [0, 0.1) is 15.9 Å². The normalized spacial score (nSPS) is 16.0. The number of benzene rings is 1. The van der Waals surface area contributed by atoms with Crippen molar-refractivity contribution in [2.45, 2.75) is 6.04 Å². The number of hydrogen-bond acceptors (Lipinski definition) is 5. The van der Waals surface area contributed by atoms with Gasteiger partial charge in [0, 0.05) is 37.8 Å². The molecule has 9 heteroatoms. The Morgan fingerprint density at radius 3 is 2.50 bits per heavy atom. The number of nitrogens with zero attached hydrogens (tertiary/aromatic N) is 2. The summed E-state index contributed by atoms with van der Waals surface area (Å²) in [6.45, 7) is 6.61. The van der Waals surface area contributed by atoms with Crippen molar-refractivity contribution in [2.24, 2.45) is 0 Å². The second-order valence-corrected chi connectivity index (χ2v) is 4.59. The van der Waals surface area contributed by atoms with Crippen LogP contribution in [0.5, 0.6) is 5.75 Å². The zero-order valence-electron chi connectivity index (χ0n) is 11.7. The predicted molar refractivity (Wildman–Crippen MR) is 86.6 cm³/mol. The molecule has 124 valence electrons. The molecule has 1 fully saturated rings. The maximum atomic E-state index is 13.6. The largest absolute Gasteiger partial charge is 0.505 e. The molecule has 0 bridgehead atoms. The van der Waals surface area contributed by atoms with Crippen LogP contribution in [0.15, 0.2) is 24.8 Å². The summed E-state index contributed by atoms with van der Waals surface area (Å²) in [6.07, 6.45) is 1.56. The number of non-ortho nitro benzene ring substituents is 1. The summed E-state index contributed by atoms with van der Waals surface area (Å²) in [5.41, 5.74) is -0.203. The van der Waals surface area contributed by atoms with E-state index in [1.54, 1.807) is 6.08 Å². The Morgan fingerprint density at radius 2 is 2.00 bits per heavy atom. The molecule has 6 nitrogen and oxygen atoms in total. The summed E-state index contributed by atoms with van der Waals surface area (Å²) in [5, 5.41) is 23.8. The Morgan fingerprint density at radius 1 is 1.41 bits per heavy atom. The fraction of sp³-hybridized carbons (Fsp3) is 0.385. The fourth-order valence-corrected chi connectivity index (χ4v) is 2.37. The van der Waals surface area contributed by atoms with Gasteiger partial charge in [0.2, 0.25) is 0 Å². The van der Waals surface area contributed by atoms with E-state index in [1.165, 1.54) is 6.07 Å². The van der Waals surface area contributed by atoms with Crippen LogP contribution < -0.4 is 5.32 Å². The monoisotopic (exact) mass is 353 g/mol. The predicted octanol–water partition coefficient (Wildman–Crippen LogP) is 2.42. The molecule has 1 aliphatic rings. The van der Waals surface area contributed by atoms with E-state index in [1.807, 2.05) is 4.90 Å². The molecule has 1 atom stereocenters. The number of nitro benzene ring substituents is 1. The second kappa shape index (κ2) is 8.89. The van der Waals surface area contributed by atoms with Crippen molar-refractivity contribution >= 4 is 30.5 Å². The minimum Gasteiger partial charge on any atom is -0.505 e. The lowest BCUT2D eigenvalue weighted by Crippen LogP contribution is -2.44. The van der Waals surface area contributed by atoms with Crippen LogP contribution in [0.25, 0.3) is 0 Å². The van der Waals surface area contributed by atoms with Crippen molar-refractivity contribution in [1.29, 1.82) is 0 Å². The minimum absolute atomic E-state index is 0. The molecule has 1 heterocycles. The van der Waals surface area contributed by atoms with Gasteiger partial charge in [0.15, 0.2) is 11.6 Å². The first-order chi connectivity index (χ1) is 9.54. The third-order valence-electron chi connectivity index (χ3n) is 3.38. The highest BCUT2D eigenvalue weighted by Gasteiger charge is 2.26. The summed E-state index contributed by atoms with van der Waals surface area (Å²) >= 11 is 0. The van der Waals surface area contributed by atoms with Crippen LogP contribution >= 0.6 is 24.8 Å². The number of rotatable bonds is 4. The summed E-state index contributed by atoms with van der Waals surface area (Å²) < 4.78 is 13.6. The van der Waals surface area contributed by atoms with Gasteiger partial charge >= 0.3 is 0 Å². The Labute approximate surface area is 140 Å². The lowest BCUT2D eigenvalue weighted by atomic mass is 10.0. The first-order valence-corrected chi connectivity index (χ1v) is 6.28. The summed E-state index contributed by atoms with van der Waals surface area (Å²) in [4.78, 5) is 12.1. The summed E-state index contributed by atoms with van der Waals surface area (Å²) in [7, 11) is 0. The Bertz CT molecular complexity index is 540. The SMILES string of the molecule is C=C[C@@H](c1cc([N+](=O)[O-])cc(F)c1O)N1CCNCC1.Cl.Cl. The molecule has 0 radical (unpaired) electrons. The van der Waals surface area contributed by atoms with Crippen LogP contribution in [0.4, 0.5) is 10.1 Å². The molecule has 2 N–H and O–H groups in total. The highest BCUT2D eigenvalue weighted by molar-refractivity contribution is 5.85. The van der Waals surface area contributed by atoms with Gasteiger partial charge in [-0.2, -0.15) is 0 Å². The van der Waals surface area contributed by atoms with Crippen molar-refractivity contribution in [3.63, 3.8) is 0 Å². The zero-order chi connectivity index (χ0) is 14.7. The fourth-order valence-electron chi connectivity index (χ4n) is 2.37. The van der Waals surface area contributed by atoms with Crippen molar-refractivity contribution in [3.8, 4) is 5.75 Å². The second-order valence-electron chi connectivity index (χ2n) is 4.59. The first kappa shape index (κ1) is 20.6. The van der Waals surface area contributed by atoms with Gasteiger partial charge in [0.05, 0.1) is 17.0 Å². The molecule has 1 aliphatic heterocycles. The Hall–Kier alpha value is -1.41. The molecular weight excluding hydrogens is 336 g/mol. The number of piperazine rings is 1. The van der Waals surface area contributed by atoms with Gasteiger partial charge in [-0.1, -0.05) is 6.08 Å². The maximum Gasteiger partial charge on any atom is 0.272 e. The lowest BCUT2D eigenvalue weighted by molar-refractivity contribution is -0.385. The Kier molecular flexibility index (Phi) is 8.32. The topological polar surface area (TPSA) is 78.6 Å². The average molecular weight is 354 g/mol. The van der Waals surface area contributed by atoms with Crippen LogP contribution in [-0.2, 0) is 0 Å². The number of phenolic OH excluding ortho intramolecular Hbond substituents is 1. The van der Waals surface area contributed by atoms with Crippen LogP contribution in [-0.4, -0.2) is 41.1 Å². The number of aromatic hydroxyl groups is 1. The molecule has 2 rings (SSSR count). The van der Waals surface area contributed by atoms with E-state index in [0.29, 0.717) is 13.1 Å². The van der Waals surface area contributed by atoms with E-state index in [0.717, 1.165) is 19.2 Å². The van der Waals surface area contributed by atoms with Crippen molar-refractivity contribution in [2.75, 3.05) is 26.2 Å². The molecule has 0 aromatic heterocycles. The number of nitro groups is 1. The van der Waals surface area contributed by atoms with E-state index in [9.17, 15) is 19.6 Å². The third-order valence-corrected chi connectivity index (χ3v) is 3.38. The van der Waals surface area contributed by atoms with Crippen molar-refractivity contribution in [1.82, 2.24) is 10.2 Å².